The summed E-state index contributed by atoms with van der Waals surface area (Å²) in [7, 11) is -3.37. The lowest BCUT2D eigenvalue weighted by Crippen LogP contribution is -2.40. The van der Waals surface area contributed by atoms with E-state index in [0.717, 1.165) is 6.26 Å². The van der Waals surface area contributed by atoms with Crippen molar-refractivity contribution < 1.29 is 8.42 Å². The van der Waals surface area contributed by atoms with Gasteiger partial charge in [0.25, 0.3) is 0 Å². The van der Waals surface area contributed by atoms with E-state index in [-0.39, 0.29) is 0 Å². The fourth-order valence-corrected chi connectivity index (χ4v) is 3.41. The minimum Gasteiger partial charge on any atom is -0.220 e. The number of nitrogens with one attached hydrogen (secondary N) is 1. The van der Waals surface area contributed by atoms with Gasteiger partial charge in [0.2, 0.25) is 10.0 Å². The van der Waals surface area contributed by atoms with E-state index in [9.17, 15) is 8.42 Å². The smallest absolute Gasteiger partial charge is 0.209 e. The molecule has 1 heterocycles. The molecule has 2 rings (SSSR count). The topological polar surface area (TPSA) is 76.9 Å². The molecule has 9 heteroatoms. The Labute approximate surface area is 133 Å². The van der Waals surface area contributed by atoms with Gasteiger partial charge in [-0.1, -0.05) is 28.4 Å². The molecule has 2 aromatic rings. The summed E-state index contributed by atoms with van der Waals surface area (Å²) < 4.78 is 26.8. The molecular weight excluding hydrogens is 335 g/mol. The normalized spacial score (nSPS) is 12.6. The number of rotatable bonds is 4. The average Bonchev–Trinajstić information content (AvgIpc) is 2.73. The van der Waals surface area contributed by atoms with Crippen molar-refractivity contribution >= 4 is 33.2 Å². The van der Waals surface area contributed by atoms with Crippen LogP contribution in [0, 0.1) is 0 Å². The monoisotopic (exact) mass is 348 g/mol. The van der Waals surface area contributed by atoms with Crippen LogP contribution in [0.2, 0.25) is 10.0 Å². The third-order valence-corrected chi connectivity index (χ3v) is 4.00. The van der Waals surface area contributed by atoms with Crippen molar-refractivity contribution in [2.75, 3.05) is 6.26 Å². The highest BCUT2D eigenvalue weighted by molar-refractivity contribution is 7.88. The summed E-state index contributed by atoms with van der Waals surface area (Å²) in [4.78, 5) is 0. The molecule has 0 unspecified atom stereocenters. The molecule has 21 heavy (non-hydrogen) atoms. The highest BCUT2D eigenvalue weighted by Crippen LogP contribution is 2.23. The van der Waals surface area contributed by atoms with E-state index in [1.54, 1.807) is 38.2 Å². The molecular formula is C12H14Cl2N4O2S. The molecule has 0 saturated carbocycles. The van der Waals surface area contributed by atoms with Crippen molar-refractivity contribution in [2.24, 2.45) is 0 Å². The number of aromatic nitrogens is 3. The quantitative estimate of drug-likeness (QED) is 0.919. The van der Waals surface area contributed by atoms with Crippen molar-refractivity contribution in [2.45, 2.75) is 19.4 Å². The summed E-state index contributed by atoms with van der Waals surface area (Å²) in [5, 5.41) is 8.94. The summed E-state index contributed by atoms with van der Waals surface area (Å²) in [6.45, 7) is 3.40. The molecule has 0 aliphatic rings. The first-order valence-electron chi connectivity index (χ1n) is 5.95. The zero-order valence-electron chi connectivity index (χ0n) is 11.6. The van der Waals surface area contributed by atoms with Gasteiger partial charge in [-0.3, -0.25) is 0 Å². The molecule has 0 aliphatic heterocycles. The average molecular weight is 349 g/mol. The van der Waals surface area contributed by atoms with Gasteiger partial charge in [-0.25, -0.2) is 17.8 Å². The van der Waals surface area contributed by atoms with E-state index in [4.69, 9.17) is 23.2 Å². The number of benzene rings is 1. The summed E-state index contributed by atoms with van der Waals surface area (Å²) in [5.41, 5.74) is 0.235. The molecule has 1 N–H and O–H groups in total. The van der Waals surface area contributed by atoms with E-state index >= 15 is 0 Å². The summed E-state index contributed by atoms with van der Waals surface area (Å²) >= 11 is 11.9. The molecule has 0 bridgehead atoms. The lowest BCUT2D eigenvalue weighted by atomic mass is 10.0. The standard InChI is InChI=1S/C12H14Cl2N4O2S/c1-12(2,16-21(3,19)20)11-7-18(17-15-11)10-5-8(13)4-9(14)6-10/h4-7,16H,1-3H3. The van der Waals surface area contributed by atoms with Crippen LogP contribution in [0.25, 0.3) is 5.69 Å². The second kappa shape index (κ2) is 5.57. The molecule has 1 aromatic carbocycles. The Hall–Kier alpha value is -1.15. The lowest BCUT2D eigenvalue weighted by molar-refractivity contribution is 0.462. The Morgan fingerprint density at radius 1 is 1.19 bits per heavy atom. The van der Waals surface area contributed by atoms with Crippen LogP contribution in [0.5, 0.6) is 0 Å². The van der Waals surface area contributed by atoms with Crippen LogP contribution in [0.15, 0.2) is 24.4 Å². The third-order valence-electron chi connectivity index (χ3n) is 2.69. The fourth-order valence-electron chi connectivity index (χ4n) is 1.86. The summed E-state index contributed by atoms with van der Waals surface area (Å²) in [5.74, 6) is 0. The summed E-state index contributed by atoms with van der Waals surface area (Å²) in [6.07, 6.45) is 2.72. The molecule has 0 amide bonds. The minimum atomic E-state index is -3.37. The predicted octanol–water partition coefficient (Wildman–Crippen LogP) is 2.36. The van der Waals surface area contributed by atoms with Crippen LogP contribution >= 0.6 is 23.2 Å². The maximum atomic E-state index is 11.4. The van der Waals surface area contributed by atoms with Crippen LogP contribution in [0.1, 0.15) is 19.5 Å². The zero-order chi connectivity index (χ0) is 15.8. The molecule has 0 atom stereocenters. The predicted molar refractivity (Wildman–Crippen MR) is 82.4 cm³/mol. The van der Waals surface area contributed by atoms with E-state index < -0.39 is 15.6 Å². The molecule has 0 aliphatic carbocycles. The first kappa shape index (κ1) is 16.2. The van der Waals surface area contributed by atoms with Gasteiger partial charge in [0.15, 0.2) is 0 Å². The zero-order valence-corrected chi connectivity index (χ0v) is 14.0. The van der Waals surface area contributed by atoms with E-state index in [2.05, 4.69) is 15.0 Å². The molecule has 0 fully saturated rings. The number of halogens is 2. The number of nitrogens with zero attached hydrogens (tertiary/aromatic N) is 3. The number of hydrogen-bond donors (Lipinski definition) is 1. The maximum absolute atomic E-state index is 11.4. The molecule has 6 nitrogen and oxygen atoms in total. The molecule has 0 spiro atoms. The van der Waals surface area contributed by atoms with Gasteiger partial charge in [0.1, 0.15) is 5.69 Å². The van der Waals surface area contributed by atoms with Crippen molar-refractivity contribution in [1.29, 1.82) is 0 Å². The van der Waals surface area contributed by atoms with Gasteiger partial charge < -0.3 is 0 Å². The van der Waals surface area contributed by atoms with E-state index in [1.165, 1.54) is 4.68 Å². The van der Waals surface area contributed by atoms with E-state index in [1.807, 2.05) is 0 Å². The number of hydrogen-bond acceptors (Lipinski definition) is 4. The minimum absolute atomic E-state index is 0.475. The van der Waals surface area contributed by atoms with Gasteiger partial charge in [-0.2, -0.15) is 0 Å². The van der Waals surface area contributed by atoms with Crippen molar-refractivity contribution in [3.8, 4) is 5.69 Å². The Morgan fingerprint density at radius 3 is 2.29 bits per heavy atom. The maximum Gasteiger partial charge on any atom is 0.209 e. The van der Waals surface area contributed by atoms with Crippen molar-refractivity contribution in [3.05, 3.63) is 40.1 Å². The first-order chi connectivity index (χ1) is 9.57. The number of sulfonamides is 1. The van der Waals surface area contributed by atoms with Gasteiger partial charge in [0, 0.05) is 10.0 Å². The van der Waals surface area contributed by atoms with Crippen LogP contribution in [0.4, 0.5) is 0 Å². The largest absolute Gasteiger partial charge is 0.220 e. The molecule has 114 valence electrons. The highest BCUT2D eigenvalue weighted by Gasteiger charge is 2.27. The molecule has 1 aromatic heterocycles. The van der Waals surface area contributed by atoms with Crippen molar-refractivity contribution in [3.63, 3.8) is 0 Å². The lowest BCUT2D eigenvalue weighted by Gasteiger charge is -2.21. The van der Waals surface area contributed by atoms with Crippen LogP contribution in [0.3, 0.4) is 0 Å². The highest BCUT2D eigenvalue weighted by atomic mass is 35.5. The second-order valence-corrected chi connectivity index (χ2v) is 7.80. The Balaban J connectivity index is 2.37. The Morgan fingerprint density at radius 2 is 1.76 bits per heavy atom. The Bertz CT molecular complexity index is 751. The SMILES string of the molecule is CC(C)(NS(C)(=O)=O)c1cn(-c2cc(Cl)cc(Cl)c2)nn1. The van der Waals surface area contributed by atoms with Crippen molar-refractivity contribution in [1.82, 2.24) is 19.7 Å². The van der Waals surface area contributed by atoms with Gasteiger partial charge >= 0.3 is 0 Å². The first-order valence-corrected chi connectivity index (χ1v) is 8.60. The Kier molecular flexibility index (Phi) is 4.30. The fraction of sp³-hybridized carbons (Fsp3) is 0.333. The molecule has 0 radical (unpaired) electrons. The van der Waals surface area contributed by atoms with E-state index in [0.29, 0.717) is 21.4 Å². The van der Waals surface area contributed by atoms with Gasteiger partial charge in [-0.05, 0) is 32.0 Å². The second-order valence-electron chi connectivity index (χ2n) is 5.18. The molecule has 0 saturated heterocycles. The van der Waals surface area contributed by atoms with Gasteiger partial charge in [0.05, 0.1) is 23.7 Å². The third kappa shape index (κ3) is 4.16. The van der Waals surface area contributed by atoms with Crippen LogP contribution in [-0.4, -0.2) is 29.7 Å². The van der Waals surface area contributed by atoms with Crippen LogP contribution < -0.4 is 4.72 Å². The summed E-state index contributed by atoms with van der Waals surface area (Å²) in [6, 6.07) is 4.98. The van der Waals surface area contributed by atoms with Gasteiger partial charge in [-0.15, -0.1) is 5.10 Å². The van der Waals surface area contributed by atoms with Crippen LogP contribution in [-0.2, 0) is 15.6 Å².